The van der Waals surface area contributed by atoms with Gasteiger partial charge in [-0.2, -0.15) is 5.48 Å². The SMILES string of the molecule is CC(C)CONCc1nc2cc(Cl)ccc2c(=O)[nH]1. The highest BCUT2D eigenvalue weighted by atomic mass is 35.5. The van der Waals surface area contributed by atoms with Gasteiger partial charge in [0.1, 0.15) is 5.82 Å². The predicted molar refractivity (Wildman–Crippen MR) is 75.0 cm³/mol. The molecule has 0 unspecified atom stereocenters. The minimum absolute atomic E-state index is 0.178. The number of hydroxylamine groups is 1. The summed E-state index contributed by atoms with van der Waals surface area (Å²) >= 11 is 5.89. The second-order valence-corrected chi connectivity index (χ2v) is 5.14. The van der Waals surface area contributed by atoms with E-state index in [-0.39, 0.29) is 5.56 Å². The molecule has 0 aliphatic carbocycles. The molecule has 2 aromatic rings. The number of benzene rings is 1. The molecule has 0 aliphatic heterocycles. The van der Waals surface area contributed by atoms with Crippen molar-refractivity contribution in [2.24, 2.45) is 5.92 Å². The standard InChI is InChI=1S/C13H16ClN3O2/c1-8(2)7-19-15-6-12-16-11-5-9(14)3-4-10(11)13(18)17-12/h3-5,8,15H,6-7H2,1-2H3,(H,16,17,18). The Labute approximate surface area is 115 Å². The van der Waals surface area contributed by atoms with Crippen molar-refractivity contribution in [1.82, 2.24) is 15.4 Å². The monoisotopic (exact) mass is 281 g/mol. The van der Waals surface area contributed by atoms with Crippen LogP contribution in [-0.4, -0.2) is 16.6 Å². The zero-order valence-electron chi connectivity index (χ0n) is 10.9. The van der Waals surface area contributed by atoms with E-state index in [2.05, 4.69) is 29.3 Å². The van der Waals surface area contributed by atoms with Gasteiger partial charge >= 0.3 is 0 Å². The van der Waals surface area contributed by atoms with Crippen LogP contribution in [0.4, 0.5) is 0 Å². The van der Waals surface area contributed by atoms with Crippen LogP contribution in [0.15, 0.2) is 23.0 Å². The Morgan fingerprint density at radius 1 is 1.47 bits per heavy atom. The van der Waals surface area contributed by atoms with Crippen molar-refractivity contribution in [1.29, 1.82) is 0 Å². The van der Waals surface area contributed by atoms with Crippen LogP contribution in [0, 0.1) is 5.92 Å². The third kappa shape index (κ3) is 3.76. The molecular formula is C13H16ClN3O2. The lowest BCUT2D eigenvalue weighted by molar-refractivity contribution is 0.0184. The highest BCUT2D eigenvalue weighted by molar-refractivity contribution is 6.31. The van der Waals surface area contributed by atoms with Crippen LogP contribution in [0.2, 0.25) is 5.02 Å². The molecule has 0 amide bonds. The molecule has 0 radical (unpaired) electrons. The second kappa shape index (κ2) is 6.14. The van der Waals surface area contributed by atoms with E-state index in [1.54, 1.807) is 18.2 Å². The van der Waals surface area contributed by atoms with Crippen LogP contribution in [0.3, 0.4) is 0 Å². The minimum atomic E-state index is -0.178. The summed E-state index contributed by atoms with van der Waals surface area (Å²) < 4.78 is 0. The Kier molecular flexibility index (Phi) is 4.52. The molecule has 2 N–H and O–H groups in total. The lowest BCUT2D eigenvalue weighted by Gasteiger charge is -2.08. The maximum Gasteiger partial charge on any atom is 0.258 e. The summed E-state index contributed by atoms with van der Waals surface area (Å²) in [7, 11) is 0. The van der Waals surface area contributed by atoms with Crippen LogP contribution in [0.25, 0.3) is 10.9 Å². The Hall–Kier alpha value is -1.43. The van der Waals surface area contributed by atoms with Gasteiger partial charge in [-0.1, -0.05) is 25.4 Å². The number of fused-ring (bicyclic) bond motifs is 1. The van der Waals surface area contributed by atoms with Gasteiger partial charge in [-0.15, -0.1) is 0 Å². The Balaban J connectivity index is 2.14. The molecule has 6 heteroatoms. The van der Waals surface area contributed by atoms with Crippen LogP contribution < -0.4 is 11.0 Å². The third-order valence-electron chi connectivity index (χ3n) is 2.48. The first-order chi connectivity index (χ1) is 9.06. The molecule has 0 aliphatic rings. The molecule has 102 valence electrons. The molecule has 5 nitrogen and oxygen atoms in total. The number of H-pyrrole nitrogens is 1. The number of hydrogen-bond acceptors (Lipinski definition) is 4. The number of aromatic amines is 1. The maximum atomic E-state index is 11.8. The summed E-state index contributed by atoms with van der Waals surface area (Å²) in [6.07, 6.45) is 0. The van der Waals surface area contributed by atoms with Gasteiger partial charge in [0.25, 0.3) is 5.56 Å². The maximum absolute atomic E-state index is 11.8. The normalized spacial score (nSPS) is 11.4. The minimum Gasteiger partial charge on any atom is -0.309 e. The van der Waals surface area contributed by atoms with E-state index in [0.29, 0.717) is 40.8 Å². The van der Waals surface area contributed by atoms with Gasteiger partial charge in [-0.3, -0.25) is 4.79 Å². The third-order valence-corrected chi connectivity index (χ3v) is 2.71. The van der Waals surface area contributed by atoms with E-state index in [0.717, 1.165) is 0 Å². The first-order valence-electron chi connectivity index (χ1n) is 6.09. The lowest BCUT2D eigenvalue weighted by Crippen LogP contribution is -2.21. The Morgan fingerprint density at radius 2 is 2.26 bits per heavy atom. The Morgan fingerprint density at radius 3 is 3.00 bits per heavy atom. The van der Waals surface area contributed by atoms with Crippen molar-refractivity contribution in [3.05, 3.63) is 39.4 Å². The fourth-order valence-corrected chi connectivity index (χ4v) is 1.76. The zero-order chi connectivity index (χ0) is 13.8. The fraction of sp³-hybridized carbons (Fsp3) is 0.385. The molecule has 2 rings (SSSR count). The average Bonchev–Trinajstić information content (AvgIpc) is 2.34. The van der Waals surface area contributed by atoms with Crippen LogP contribution in [-0.2, 0) is 11.4 Å². The lowest BCUT2D eigenvalue weighted by atomic mass is 10.2. The van der Waals surface area contributed by atoms with Crippen molar-refractivity contribution >= 4 is 22.5 Å². The predicted octanol–water partition coefficient (Wildman–Crippen LogP) is 2.25. The first kappa shape index (κ1) is 14.0. The molecule has 0 saturated heterocycles. The van der Waals surface area contributed by atoms with Gasteiger partial charge in [-0.05, 0) is 24.1 Å². The molecule has 0 saturated carbocycles. The van der Waals surface area contributed by atoms with Crippen LogP contribution in [0.5, 0.6) is 0 Å². The largest absolute Gasteiger partial charge is 0.309 e. The number of rotatable bonds is 5. The second-order valence-electron chi connectivity index (χ2n) is 4.70. The molecule has 19 heavy (non-hydrogen) atoms. The summed E-state index contributed by atoms with van der Waals surface area (Å²) in [5, 5.41) is 1.08. The molecule has 0 fully saturated rings. The fourth-order valence-electron chi connectivity index (χ4n) is 1.59. The highest BCUT2D eigenvalue weighted by Gasteiger charge is 2.04. The molecule has 0 bridgehead atoms. The number of aromatic nitrogens is 2. The highest BCUT2D eigenvalue weighted by Crippen LogP contribution is 2.14. The van der Waals surface area contributed by atoms with Gasteiger partial charge in [0.15, 0.2) is 0 Å². The molecule has 1 aromatic carbocycles. The van der Waals surface area contributed by atoms with E-state index >= 15 is 0 Å². The van der Waals surface area contributed by atoms with E-state index in [1.165, 1.54) is 0 Å². The van der Waals surface area contributed by atoms with Gasteiger partial charge in [0, 0.05) is 5.02 Å². The smallest absolute Gasteiger partial charge is 0.258 e. The quantitative estimate of drug-likeness (QED) is 0.652. The van der Waals surface area contributed by atoms with Crippen LogP contribution in [0.1, 0.15) is 19.7 Å². The van der Waals surface area contributed by atoms with Gasteiger partial charge in [0.2, 0.25) is 0 Å². The summed E-state index contributed by atoms with van der Waals surface area (Å²) in [6.45, 7) is 5.05. The molecular weight excluding hydrogens is 266 g/mol. The molecule has 0 spiro atoms. The van der Waals surface area contributed by atoms with E-state index in [1.807, 2.05) is 0 Å². The van der Waals surface area contributed by atoms with Crippen molar-refractivity contribution in [2.75, 3.05) is 6.61 Å². The summed E-state index contributed by atoms with van der Waals surface area (Å²) in [4.78, 5) is 24.1. The van der Waals surface area contributed by atoms with Gasteiger partial charge < -0.3 is 9.82 Å². The van der Waals surface area contributed by atoms with Crippen molar-refractivity contribution in [2.45, 2.75) is 20.4 Å². The Bertz CT molecular complexity index is 625. The van der Waals surface area contributed by atoms with Crippen LogP contribution >= 0.6 is 11.6 Å². The number of halogens is 1. The summed E-state index contributed by atoms with van der Waals surface area (Å²) in [6, 6.07) is 5.01. The zero-order valence-corrected chi connectivity index (χ0v) is 11.6. The van der Waals surface area contributed by atoms with Crippen molar-refractivity contribution in [3.8, 4) is 0 Å². The van der Waals surface area contributed by atoms with E-state index in [9.17, 15) is 4.79 Å². The average molecular weight is 282 g/mol. The first-order valence-corrected chi connectivity index (χ1v) is 6.47. The number of nitrogens with zero attached hydrogens (tertiary/aromatic N) is 1. The topological polar surface area (TPSA) is 67.0 Å². The van der Waals surface area contributed by atoms with Gasteiger partial charge in [-0.25, -0.2) is 4.98 Å². The van der Waals surface area contributed by atoms with Crippen molar-refractivity contribution in [3.63, 3.8) is 0 Å². The molecule has 1 heterocycles. The summed E-state index contributed by atoms with van der Waals surface area (Å²) in [5.74, 6) is 0.957. The number of nitrogens with one attached hydrogen (secondary N) is 2. The summed E-state index contributed by atoms with van der Waals surface area (Å²) in [5.41, 5.74) is 3.18. The van der Waals surface area contributed by atoms with E-state index in [4.69, 9.17) is 16.4 Å². The van der Waals surface area contributed by atoms with Crippen molar-refractivity contribution < 1.29 is 4.84 Å². The number of hydrogen-bond donors (Lipinski definition) is 2. The molecule has 1 aromatic heterocycles. The molecule has 0 atom stereocenters. The van der Waals surface area contributed by atoms with E-state index < -0.39 is 0 Å². The van der Waals surface area contributed by atoms with Gasteiger partial charge in [0.05, 0.1) is 24.1 Å².